The van der Waals surface area contributed by atoms with Crippen molar-refractivity contribution in [3.63, 3.8) is 0 Å². The summed E-state index contributed by atoms with van der Waals surface area (Å²) in [6, 6.07) is 7.40. The second kappa shape index (κ2) is 6.10. The van der Waals surface area contributed by atoms with Gasteiger partial charge in [0.2, 0.25) is 0 Å². The van der Waals surface area contributed by atoms with Gasteiger partial charge in [-0.05, 0) is 28.8 Å². The van der Waals surface area contributed by atoms with E-state index in [2.05, 4.69) is 15.9 Å². The van der Waals surface area contributed by atoms with Gasteiger partial charge in [-0.25, -0.2) is 0 Å². The smallest absolute Gasteiger partial charge is 0.174 e. The Morgan fingerprint density at radius 3 is 2.87 bits per heavy atom. The van der Waals surface area contributed by atoms with Crippen LogP contribution in [0.1, 0.15) is 5.56 Å². The number of nitriles is 1. The van der Waals surface area contributed by atoms with Crippen LogP contribution >= 0.6 is 15.9 Å². The van der Waals surface area contributed by atoms with Crippen molar-refractivity contribution in [1.82, 2.24) is 0 Å². The molecule has 0 aliphatic heterocycles. The number of methoxy groups -OCH3 is 1. The first-order valence-corrected chi connectivity index (χ1v) is 5.18. The molecular formula is C11H10BrNO2. The van der Waals surface area contributed by atoms with Crippen molar-refractivity contribution < 1.29 is 9.47 Å². The van der Waals surface area contributed by atoms with Gasteiger partial charge in [-0.3, -0.25) is 0 Å². The van der Waals surface area contributed by atoms with Gasteiger partial charge in [0, 0.05) is 0 Å². The molecule has 3 nitrogen and oxygen atoms in total. The van der Waals surface area contributed by atoms with E-state index in [4.69, 9.17) is 14.7 Å². The van der Waals surface area contributed by atoms with Gasteiger partial charge in [0.15, 0.2) is 18.1 Å². The quantitative estimate of drug-likeness (QED) is 0.843. The highest BCUT2D eigenvalue weighted by molar-refractivity contribution is 9.11. The lowest BCUT2D eigenvalue weighted by Crippen LogP contribution is -1.96. The average Bonchev–Trinajstić information content (AvgIpc) is 2.27. The summed E-state index contributed by atoms with van der Waals surface area (Å²) in [5.74, 6) is 1.19. The molecule has 0 radical (unpaired) electrons. The van der Waals surface area contributed by atoms with Crippen LogP contribution in [-0.4, -0.2) is 13.7 Å². The summed E-state index contributed by atoms with van der Waals surface area (Å²) in [4.78, 5) is 1.76. The number of hydrogen-bond donors (Lipinski definition) is 0. The van der Waals surface area contributed by atoms with Crippen LogP contribution in [0.15, 0.2) is 23.2 Å². The van der Waals surface area contributed by atoms with E-state index in [9.17, 15) is 0 Å². The van der Waals surface area contributed by atoms with Crippen LogP contribution in [0, 0.1) is 11.3 Å². The number of rotatable bonds is 4. The monoisotopic (exact) mass is 267 g/mol. The van der Waals surface area contributed by atoms with Crippen LogP contribution in [0.25, 0.3) is 6.08 Å². The average molecular weight is 268 g/mol. The Kier molecular flexibility index (Phi) is 4.72. The predicted molar refractivity (Wildman–Crippen MR) is 62.1 cm³/mol. The van der Waals surface area contributed by atoms with E-state index in [1.54, 1.807) is 18.2 Å². The van der Waals surface area contributed by atoms with Crippen LogP contribution in [0.4, 0.5) is 0 Å². The second-order valence-electron chi connectivity index (χ2n) is 2.65. The molecule has 0 amide bonds. The van der Waals surface area contributed by atoms with E-state index in [1.807, 2.05) is 24.3 Å². The predicted octanol–water partition coefficient (Wildman–Crippen LogP) is 2.96. The summed E-state index contributed by atoms with van der Waals surface area (Å²) in [6.45, 7) is 0.0178. The summed E-state index contributed by atoms with van der Waals surface area (Å²) >= 11 is 3.20. The highest BCUT2D eigenvalue weighted by Gasteiger charge is 2.03. The molecule has 0 unspecified atom stereocenters. The Balaban J connectivity index is 2.94. The van der Waals surface area contributed by atoms with E-state index in [-0.39, 0.29) is 6.61 Å². The summed E-state index contributed by atoms with van der Waals surface area (Å²) in [5.41, 5.74) is 0.994. The Morgan fingerprint density at radius 1 is 1.47 bits per heavy atom. The molecule has 4 heteroatoms. The van der Waals surface area contributed by atoms with Gasteiger partial charge in [-0.1, -0.05) is 22.0 Å². The minimum Gasteiger partial charge on any atom is -0.493 e. The first kappa shape index (κ1) is 11.6. The van der Waals surface area contributed by atoms with E-state index in [0.29, 0.717) is 11.5 Å². The second-order valence-corrected chi connectivity index (χ2v) is 3.18. The van der Waals surface area contributed by atoms with Crippen LogP contribution in [0.2, 0.25) is 0 Å². The lowest BCUT2D eigenvalue weighted by Gasteiger charge is -2.08. The molecule has 0 saturated heterocycles. The molecule has 78 valence electrons. The first-order valence-electron chi connectivity index (χ1n) is 4.26. The van der Waals surface area contributed by atoms with Crippen LogP contribution in [-0.2, 0) is 0 Å². The molecule has 1 aromatic rings. The first-order chi connectivity index (χ1) is 7.31. The number of halogens is 1. The molecule has 0 N–H and O–H groups in total. The zero-order valence-corrected chi connectivity index (χ0v) is 9.82. The Hall–Kier alpha value is -1.47. The highest BCUT2D eigenvalue weighted by Crippen LogP contribution is 2.28. The van der Waals surface area contributed by atoms with Gasteiger partial charge < -0.3 is 9.47 Å². The zero-order valence-electron chi connectivity index (χ0n) is 8.24. The SMILES string of the molecule is COc1cc(/C=C/Br)ccc1OCC#N. The molecule has 0 spiro atoms. The Morgan fingerprint density at radius 2 is 2.27 bits per heavy atom. The van der Waals surface area contributed by atoms with E-state index in [0.717, 1.165) is 5.56 Å². The molecule has 0 fully saturated rings. The van der Waals surface area contributed by atoms with Crippen molar-refractivity contribution in [3.05, 3.63) is 28.7 Å². The van der Waals surface area contributed by atoms with Crippen molar-refractivity contribution in [2.45, 2.75) is 0 Å². The van der Waals surface area contributed by atoms with Gasteiger partial charge in [0.25, 0.3) is 0 Å². The molecule has 0 bridgehead atoms. The number of benzene rings is 1. The molecule has 0 heterocycles. The fraction of sp³-hybridized carbons (Fsp3) is 0.182. The molecule has 0 aromatic heterocycles. The van der Waals surface area contributed by atoms with Crippen molar-refractivity contribution in [3.8, 4) is 17.6 Å². The fourth-order valence-corrected chi connectivity index (χ4v) is 1.40. The fourth-order valence-electron chi connectivity index (χ4n) is 1.09. The maximum absolute atomic E-state index is 8.40. The van der Waals surface area contributed by atoms with Crippen molar-refractivity contribution >= 4 is 22.0 Å². The normalized spacial score (nSPS) is 9.93. The molecule has 1 aromatic carbocycles. The van der Waals surface area contributed by atoms with E-state index >= 15 is 0 Å². The lowest BCUT2D eigenvalue weighted by molar-refractivity contribution is 0.329. The molecule has 15 heavy (non-hydrogen) atoms. The van der Waals surface area contributed by atoms with Crippen LogP contribution in [0.3, 0.4) is 0 Å². The lowest BCUT2D eigenvalue weighted by atomic mass is 10.2. The van der Waals surface area contributed by atoms with E-state index in [1.165, 1.54) is 0 Å². The zero-order chi connectivity index (χ0) is 11.1. The third-order valence-corrected chi connectivity index (χ3v) is 2.00. The number of ether oxygens (including phenoxy) is 2. The van der Waals surface area contributed by atoms with Gasteiger partial charge in [0.1, 0.15) is 6.07 Å². The molecule has 0 aliphatic carbocycles. The van der Waals surface area contributed by atoms with Gasteiger partial charge >= 0.3 is 0 Å². The summed E-state index contributed by atoms with van der Waals surface area (Å²) < 4.78 is 10.3. The molecule has 0 saturated carbocycles. The largest absolute Gasteiger partial charge is 0.493 e. The van der Waals surface area contributed by atoms with Gasteiger partial charge in [-0.15, -0.1) is 0 Å². The van der Waals surface area contributed by atoms with E-state index < -0.39 is 0 Å². The van der Waals surface area contributed by atoms with Crippen molar-refractivity contribution in [2.24, 2.45) is 0 Å². The van der Waals surface area contributed by atoms with Gasteiger partial charge in [-0.2, -0.15) is 5.26 Å². The summed E-state index contributed by atoms with van der Waals surface area (Å²) in [6.07, 6.45) is 1.89. The molecular weight excluding hydrogens is 258 g/mol. The Labute approximate surface area is 97.1 Å². The number of nitrogens with zero attached hydrogens (tertiary/aromatic N) is 1. The Bertz CT molecular complexity index is 396. The van der Waals surface area contributed by atoms with Gasteiger partial charge in [0.05, 0.1) is 7.11 Å². The highest BCUT2D eigenvalue weighted by atomic mass is 79.9. The molecule has 0 atom stereocenters. The van der Waals surface area contributed by atoms with Crippen LogP contribution in [0.5, 0.6) is 11.5 Å². The third kappa shape index (κ3) is 3.30. The maximum Gasteiger partial charge on any atom is 0.174 e. The number of hydrogen-bond acceptors (Lipinski definition) is 3. The minimum atomic E-state index is 0.0178. The summed E-state index contributed by atoms with van der Waals surface area (Å²) in [5, 5.41) is 8.40. The van der Waals surface area contributed by atoms with Crippen molar-refractivity contribution in [2.75, 3.05) is 13.7 Å². The topological polar surface area (TPSA) is 42.2 Å². The molecule has 1 rings (SSSR count). The third-order valence-electron chi connectivity index (χ3n) is 1.74. The van der Waals surface area contributed by atoms with Crippen LogP contribution < -0.4 is 9.47 Å². The summed E-state index contributed by atoms with van der Waals surface area (Å²) in [7, 11) is 1.57. The standard InChI is InChI=1S/C11H10BrNO2/c1-14-11-8-9(4-5-12)2-3-10(11)15-7-6-13/h2-5,8H,7H2,1H3/b5-4+. The molecule has 0 aliphatic rings. The van der Waals surface area contributed by atoms with Crippen molar-refractivity contribution in [1.29, 1.82) is 5.26 Å². The minimum absolute atomic E-state index is 0.0178. The maximum atomic E-state index is 8.40.